The Hall–Kier alpha value is -1.87. The van der Waals surface area contributed by atoms with Crippen LogP contribution in [0.3, 0.4) is 0 Å². The smallest absolute Gasteiger partial charge is 0.255 e. The summed E-state index contributed by atoms with van der Waals surface area (Å²) in [6.45, 7) is 5.06. The molecule has 1 aromatic heterocycles. The molecular weight excluding hydrogens is 248 g/mol. The molecule has 1 aromatic carbocycles. The molecule has 3 heteroatoms. The molecule has 0 spiro atoms. The fraction of sp³-hybridized carbons (Fsp3) is 0.353. The summed E-state index contributed by atoms with van der Waals surface area (Å²) in [6, 6.07) is 13.1. The quantitative estimate of drug-likeness (QED) is 0.908. The molecule has 0 aliphatic carbocycles. The maximum Gasteiger partial charge on any atom is 0.255 e. The molecule has 0 radical (unpaired) electrons. The van der Waals surface area contributed by atoms with Crippen LogP contribution >= 0.6 is 0 Å². The van der Waals surface area contributed by atoms with E-state index in [0.29, 0.717) is 11.5 Å². The van der Waals surface area contributed by atoms with E-state index < -0.39 is 0 Å². The van der Waals surface area contributed by atoms with Crippen molar-refractivity contribution in [3.05, 3.63) is 70.1 Å². The zero-order valence-electron chi connectivity index (χ0n) is 12.1. The highest BCUT2D eigenvalue weighted by atomic mass is 16.1. The number of rotatable bonds is 5. The van der Waals surface area contributed by atoms with Crippen LogP contribution in [-0.2, 0) is 6.54 Å². The molecule has 106 valence electrons. The van der Waals surface area contributed by atoms with E-state index >= 15 is 0 Å². The van der Waals surface area contributed by atoms with Crippen LogP contribution in [0.5, 0.6) is 0 Å². The van der Waals surface area contributed by atoms with Crippen molar-refractivity contribution in [3.63, 3.8) is 0 Å². The van der Waals surface area contributed by atoms with E-state index in [1.165, 1.54) is 0 Å². The minimum Gasteiger partial charge on any atom is -0.320 e. The molecule has 1 atom stereocenters. The number of hydrogen-bond acceptors (Lipinski definition) is 2. The predicted molar refractivity (Wildman–Crippen MR) is 82.6 cm³/mol. The lowest BCUT2D eigenvalue weighted by Crippen LogP contribution is -2.28. The molecule has 0 amide bonds. The molecular formula is C17H22N2O. The van der Waals surface area contributed by atoms with Gasteiger partial charge in [0.15, 0.2) is 0 Å². The third-order valence-electron chi connectivity index (χ3n) is 3.49. The first-order valence-corrected chi connectivity index (χ1v) is 7.09. The van der Waals surface area contributed by atoms with Crippen molar-refractivity contribution in [2.45, 2.75) is 32.9 Å². The third-order valence-corrected chi connectivity index (χ3v) is 3.49. The summed E-state index contributed by atoms with van der Waals surface area (Å²) in [7, 11) is 0. The predicted octanol–water partition coefficient (Wildman–Crippen LogP) is 2.94. The van der Waals surface area contributed by atoms with Crippen LogP contribution in [0.25, 0.3) is 0 Å². The van der Waals surface area contributed by atoms with Crippen molar-refractivity contribution in [2.24, 2.45) is 11.7 Å². The van der Waals surface area contributed by atoms with E-state index in [9.17, 15) is 4.79 Å². The number of nitrogens with zero attached hydrogens (tertiary/aromatic N) is 1. The second-order valence-corrected chi connectivity index (χ2v) is 5.53. The molecule has 0 aliphatic heterocycles. The monoisotopic (exact) mass is 270 g/mol. The van der Waals surface area contributed by atoms with Crippen molar-refractivity contribution >= 4 is 0 Å². The van der Waals surface area contributed by atoms with E-state index in [1.807, 2.05) is 48.7 Å². The molecule has 0 aliphatic rings. The molecule has 1 unspecified atom stereocenters. The summed E-state index contributed by atoms with van der Waals surface area (Å²) in [5.74, 6) is 0.577. The molecule has 2 rings (SSSR count). The number of aryl methyl sites for hydroxylation is 1. The summed E-state index contributed by atoms with van der Waals surface area (Å²) in [5, 5.41) is 0. The second kappa shape index (κ2) is 6.53. The number of nitrogens with two attached hydrogens (primary N) is 1. The van der Waals surface area contributed by atoms with Gasteiger partial charge >= 0.3 is 0 Å². The lowest BCUT2D eigenvalue weighted by atomic mass is 10.0. The third kappa shape index (κ3) is 3.36. The molecule has 0 saturated carbocycles. The van der Waals surface area contributed by atoms with Crippen LogP contribution in [-0.4, -0.2) is 4.57 Å². The second-order valence-electron chi connectivity index (χ2n) is 5.53. The Morgan fingerprint density at radius 1 is 1.10 bits per heavy atom. The zero-order chi connectivity index (χ0) is 14.5. The van der Waals surface area contributed by atoms with Crippen LogP contribution in [0.1, 0.15) is 37.4 Å². The van der Waals surface area contributed by atoms with Gasteiger partial charge in [0.05, 0.1) is 6.04 Å². The molecule has 1 heterocycles. The van der Waals surface area contributed by atoms with Gasteiger partial charge in [0, 0.05) is 18.3 Å². The van der Waals surface area contributed by atoms with Gasteiger partial charge in [0.25, 0.3) is 5.56 Å². The first-order valence-electron chi connectivity index (χ1n) is 7.09. The lowest BCUT2D eigenvalue weighted by molar-refractivity contribution is 0.505. The van der Waals surface area contributed by atoms with Gasteiger partial charge in [-0.3, -0.25) is 4.79 Å². The SMILES string of the molecule is CC(C)CCn1cccc(C(N)c2ccccc2)c1=O. The van der Waals surface area contributed by atoms with Crippen LogP contribution in [0.2, 0.25) is 0 Å². The molecule has 0 fully saturated rings. The van der Waals surface area contributed by atoms with Crippen molar-refractivity contribution in [2.75, 3.05) is 0 Å². The van der Waals surface area contributed by atoms with Gasteiger partial charge in [-0.15, -0.1) is 0 Å². The van der Waals surface area contributed by atoms with Crippen molar-refractivity contribution in [3.8, 4) is 0 Å². The van der Waals surface area contributed by atoms with E-state index in [1.54, 1.807) is 4.57 Å². The Balaban J connectivity index is 2.29. The standard InChI is InChI=1S/C17H22N2O/c1-13(2)10-12-19-11-6-9-15(17(19)20)16(18)14-7-4-3-5-8-14/h3-9,11,13,16H,10,12,18H2,1-2H3. The Labute approximate surface area is 120 Å². The van der Waals surface area contributed by atoms with Gasteiger partial charge in [-0.2, -0.15) is 0 Å². The van der Waals surface area contributed by atoms with Crippen LogP contribution in [0, 0.1) is 5.92 Å². The topological polar surface area (TPSA) is 48.0 Å². The van der Waals surface area contributed by atoms with Crippen LogP contribution in [0.15, 0.2) is 53.5 Å². The van der Waals surface area contributed by atoms with E-state index in [-0.39, 0.29) is 11.6 Å². The molecule has 3 nitrogen and oxygen atoms in total. The highest BCUT2D eigenvalue weighted by Gasteiger charge is 2.13. The van der Waals surface area contributed by atoms with E-state index in [2.05, 4.69) is 13.8 Å². The average Bonchev–Trinajstić information content (AvgIpc) is 2.46. The van der Waals surface area contributed by atoms with Crippen LogP contribution < -0.4 is 11.3 Å². The number of benzene rings is 1. The summed E-state index contributed by atoms with van der Waals surface area (Å²) < 4.78 is 1.76. The van der Waals surface area contributed by atoms with Crippen molar-refractivity contribution in [1.82, 2.24) is 4.57 Å². The largest absolute Gasteiger partial charge is 0.320 e. The Kier molecular flexibility index (Phi) is 4.74. The highest BCUT2D eigenvalue weighted by Crippen LogP contribution is 2.16. The maximum atomic E-state index is 12.5. The summed E-state index contributed by atoms with van der Waals surface area (Å²) in [5.41, 5.74) is 7.87. The Bertz CT molecular complexity index is 602. The zero-order valence-corrected chi connectivity index (χ0v) is 12.1. The number of aromatic nitrogens is 1. The fourth-order valence-corrected chi connectivity index (χ4v) is 2.21. The molecule has 0 saturated heterocycles. The van der Waals surface area contributed by atoms with E-state index in [4.69, 9.17) is 5.73 Å². The fourth-order valence-electron chi connectivity index (χ4n) is 2.21. The molecule has 2 aromatic rings. The number of hydrogen-bond donors (Lipinski definition) is 1. The molecule has 0 bridgehead atoms. The van der Waals surface area contributed by atoms with Gasteiger partial charge < -0.3 is 10.3 Å². The minimum atomic E-state index is -0.366. The summed E-state index contributed by atoms with van der Waals surface area (Å²) in [4.78, 5) is 12.5. The Morgan fingerprint density at radius 3 is 2.45 bits per heavy atom. The van der Waals surface area contributed by atoms with Crippen LogP contribution in [0.4, 0.5) is 0 Å². The average molecular weight is 270 g/mol. The summed E-state index contributed by atoms with van der Waals surface area (Å²) >= 11 is 0. The first kappa shape index (κ1) is 14.5. The van der Waals surface area contributed by atoms with Crippen molar-refractivity contribution in [1.29, 1.82) is 0 Å². The first-order chi connectivity index (χ1) is 9.59. The van der Waals surface area contributed by atoms with Gasteiger partial charge in [-0.1, -0.05) is 50.2 Å². The highest BCUT2D eigenvalue weighted by molar-refractivity contribution is 5.29. The van der Waals surface area contributed by atoms with Gasteiger partial charge in [0.2, 0.25) is 0 Å². The normalized spacial score (nSPS) is 12.6. The maximum absolute atomic E-state index is 12.5. The van der Waals surface area contributed by atoms with Gasteiger partial charge in [-0.05, 0) is 24.0 Å². The molecule has 2 N–H and O–H groups in total. The lowest BCUT2D eigenvalue weighted by Gasteiger charge is -2.14. The van der Waals surface area contributed by atoms with E-state index in [0.717, 1.165) is 18.5 Å². The molecule has 20 heavy (non-hydrogen) atoms. The minimum absolute atomic E-state index is 0.0181. The van der Waals surface area contributed by atoms with Gasteiger partial charge in [0.1, 0.15) is 0 Å². The van der Waals surface area contributed by atoms with Crippen molar-refractivity contribution < 1.29 is 0 Å². The summed E-state index contributed by atoms with van der Waals surface area (Å²) in [6.07, 6.45) is 2.83. The Morgan fingerprint density at radius 2 is 1.80 bits per heavy atom. The van der Waals surface area contributed by atoms with Gasteiger partial charge in [-0.25, -0.2) is 0 Å². The number of pyridine rings is 1.